The van der Waals surface area contributed by atoms with Crippen molar-refractivity contribution < 1.29 is 0 Å². The normalized spacial score (nSPS) is 25.3. The molecule has 0 spiro atoms. The summed E-state index contributed by atoms with van der Waals surface area (Å²) in [5, 5.41) is 0. The SMILES string of the molecule is CN(C)C1(CN)CCCc2ccccc21. The first-order valence-electron chi connectivity index (χ1n) is 5.66. The molecule has 15 heavy (non-hydrogen) atoms. The summed E-state index contributed by atoms with van der Waals surface area (Å²) < 4.78 is 0. The fourth-order valence-corrected chi connectivity index (χ4v) is 2.76. The van der Waals surface area contributed by atoms with E-state index in [9.17, 15) is 0 Å². The van der Waals surface area contributed by atoms with Gasteiger partial charge in [0.05, 0.1) is 5.54 Å². The Kier molecular flexibility index (Phi) is 2.81. The van der Waals surface area contributed by atoms with Crippen LogP contribution in [0.5, 0.6) is 0 Å². The Bertz CT molecular complexity index is 346. The van der Waals surface area contributed by atoms with Crippen LogP contribution in [0.25, 0.3) is 0 Å². The number of benzene rings is 1. The molecule has 0 bridgehead atoms. The second kappa shape index (κ2) is 3.95. The summed E-state index contributed by atoms with van der Waals surface area (Å²) in [6.45, 7) is 0.705. The lowest BCUT2D eigenvalue weighted by molar-refractivity contribution is 0.135. The molecule has 0 saturated heterocycles. The number of nitrogens with zero attached hydrogens (tertiary/aromatic N) is 1. The van der Waals surface area contributed by atoms with Crippen LogP contribution in [0.1, 0.15) is 24.0 Å². The lowest BCUT2D eigenvalue weighted by Gasteiger charge is -2.43. The summed E-state index contributed by atoms with van der Waals surface area (Å²) in [5.74, 6) is 0. The van der Waals surface area contributed by atoms with Crippen LogP contribution in [0.4, 0.5) is 0 Å². The highest BCUT2D eigenvalue weighted by Gasteiger charge is 2.36. The predicted octanol–water partition coefficient (Wildman–Crippen LogP) is 1.74. The van der Waals surface area contributed by atoms with Crippen LogP contribution in [-0.4, -0.2) is 25.5 Å². The van der Waals surface area contributed by atoms with Crippen LogP contribution >= 0.6 is 0 Å². The molecule has 1 atom stereocenters. The Morgan fingerprint density at radius 1 is 1.33 bits per heavy atom. The van der Waals surface area contributed by atoms with Crippen molar-refractivity contribution in [2.45, 2.75) is 24.8 Å². The summed E-state index contributed by atoms with van der Waals surface area (Å²) >= 11 is 0. The summed E-state index contributed by atoms with van der Waals surface area (Å²) in [6, 6.07) is 8.73. The van der Waals surface area contributed by atoms with Crippen LogP contribution < -0.4 is 5.73 Å². The molecule has 0 aromatic heterocycles. The average Bonchev–Trinajstić information content (AvgIpc) is 2.28. The predicted molar refractivity (Wildman–Crippen MR) is 63.8 cm³/mol. The van der Waals surface area contributed by atoms with E-state index in [-0.39, 0.29) is 5.54 Å². The lowest BCUT2D eigenvalue weighted by Crippen LogP contribution is -2.49. The second-order valence-electron chi connectivity index (χ2n) is 4.64. The molecular formula is C13H20N2. The lowest BCUT2D eigenvalue weighted by atomic mass is 9.75. The van der Waals surface area contributed by atoms with Crippen molar-refractivity contribution in [3.8, 4) is 0 Å². The third kappa shape index (κ3) is 1.58. The van der Waals surface area contributed by atoms with E-state index in [0.717, 1.165) is 0 Å². The molecule has 1 unspecified atom stereocenters. The van der Waals surface area contributed by atoms with Crippen molar-refractivity contribution in [3.63, 3.8) is 0 Å². The van der Waals surface area contributed by atoms with Crippen molar-refractivity contribution in [1.82, 2.24) is 4.90 Å². The van der Waals surface area contributed by atoms with E-state index in [1.807, 2.05) is 0 Å². The monoisotopic (exact) mass is 204 g/mol. The Hall–Kier alpha value is -0.860. The molecule has 0 aliphatic heterocycles. The highest BCUT2D eigenvalue weighted by molar-refractivity contribution is 5.36. The van der Waals surface area contributed by atoms with Crippen molar-refractivity contribution in [1.29, 1.82) is 0 Å². The molecule has 2 rings (SSSR count). The highest BCUT2D eigenvalue weighted by atomic mass is 15.2. The second-order valence-corrected chi connectivity index (χ2v) is 4.64. The Morgan fingerprint density at radius 2 is 2.07 bits per heavy atom. The molecule has 1 aromatic carbocycles. The standard InChI is InChI=1S/C13H20N2/c1-15(2)13(10-14)9-5-7-11-6-3-4-8-12(11)13/h3-4,6,8H,5,7,9-10,14H2,1-2H3. The molecule has 1 aromatic rings. The summed E-state index contributed by atoms with van der Waals surface area (Å²) in [4.78, 5) is 2.28. The van der Waals surface area contributed by atoms with E-state index < -0.39 is 0 Å². The summed E-state index contributed by atoms with van der Waals surface area (Å²) in [7, 11) is 4.27. The number of likely N-dealkylation sites (N-methyl/N-ethyl adjacent to an activating group) is 1. The molecule has 0 amide bonds. The smallest absolute Gasteiger partial charge is 0.0581 e. The third-order valence-electron chi connectivity index (χ3n) is 3.75. The fraction of sp³-hybridized carbons (Fsp3) is 0.538. The molecule has 0 fully saturated rings. The number of fused-ring (bicyclic) bond motifs is 1. The molecule has 2 N–H and O–H groups in total. The molecule has 0 heterocycles. The van der Waals surface area contributed by atoms with Gasteiger partial charge in [0, 0.05) is 6.54 Å². The molecule has 2 nitrogen and oxygen atoms in total. The van der Waals surface area contributed by atoms with Gasteiger partial charge in [-0.25, -0.2) is 0 Å². The molecule has 1 aliphatic carbocycles. The van der Waals surface area contributed by atoms with Gasteiger partial charge in [-0.2, -0.15) is 0 Å². The van der Waals surface area contributed by atoms with E-state index in [0.29, 0.717) is 6.54 Å². The van der Waals surface area contributed by atoms with E-state index in [1.165, 1.54) is 30.4 Å². The fourth-order valence-electron chi connectivity index (χ4n) is 2.76. The first-order chi connectivity index (χ1) is 7.20. The molecule has 1 aliphatic rings. The van der Waals surface area contributed by atoms with Gasteiger partial charge in [0.2, 0.25) is 0 Å². The van der Waals surface area contributed by atoms with Gasteiger partial charge in [0.25, 0.3) is 0 Å². The topological polar surface area (TPSA) is 29.3 Å². The number of hydrogen-bond donors (Lipinski definition) is 1. The summed E-state index contributed by atoms with van der Waals surface area (Å²) in [5.41, 5.74) is 8.99. The zero-order chi connectivity index (χ0) is 10.9. The van der Waals surface area contributed by atoms with E-state index in [2.05, 4.69) is 43.3 Å². The number of aryl methyl sites for hydroxylation is 1. The van der Waals surface area contributed by atoms with Crippen molar-refractivity contribution >= 4 is 0 Å². The van der Waals surface area contributed by atoms with Gasteiger partial charge in [0.15, 0.2) is 0 Å². The zero-order valence-corrected chi connectivity index (χ0v) is 9.66. The van der Waals surface area contributed by atoms with E-state index >= 15 is 0 Å². The van der Waals surface area contributed by atoms with Crippen molar-refractivity contribution in [3.05, 3.63) is 35.4 Å². The van der Waals surface area contributed by atoms with Crippen LogP contribution in [0, 0.1) is 0 Å². The van der Waals surface area contributed by atoms with Crippen LogP contribution in [0.2, 0.25) is 0 Å². The largest absolute Gasteiger partial charge is 0.328 e. The Balaban J connectivity index is 2.52. The highest BCUT2D eigenvalue weighted by Crippen LogP contribution is 2.37. The quantitative estimate of drug-likeness (QED) is 0.795. The Morgan fingerprint density at radius 3 is 2.73 bits per heavy atom. The van der Waals surface area contributed by atoms with Crippen molar-refractivity contribution in [2.24, 2.45) is 5.73 Å². The van der Waals surface area contributed by atoms with Gasteiger partial charge in [-0.15, -0.1) is 0 Å². The Labute approximate surface area is 92.1 Å². The minimum absolute atomic E-state index is 0.0643. The maximum Gasteiger partial charge on any atom is 0.0581 e. The zero-order valence-electron chi connectivity index (χ0n) is 9.66. The first-order valence-corrected chi connectivity index (χ1v) is 5.66. The maximum absolute atomic E-state index is 6.01. The number of hydrogen-bond acceptors (Lipinski definition) is 2. The molecule has 0 saturated carbocycles. The van der Waals surface area contributed by atoms with Crippen LogP contribution in [-0.2, 0) is 12.0 Å². The van der Waals surface area contributed by atoms with E-state index in [4.69, 9.17) is 5.73 Å². The van der Waals surface area contributed by atoms with E-state index in [1.54, 1.807) is 0 Å². The van der Waals surface area contributed by atoms with Gasteiger partial charge in [0.1, 0.15) is 0 Å². The van der Waals surface area contributed by atoms with Crippen molar-refractivity contribution in [2.75, 3.05) is 20.6 Å². The molecule has 0 radical (unpaired) electrons. The maximum atomic E-state index is 6.01. The van der Waals surface area contributed by atoms with Gasteiger partial charge >= 0.3 is 0 Å². The molecule has 82 valence electrons. The van der Waals surface area contributed by atoms with Gasteiger partial charge < -0.3 is 5.73 Å². The minimum Gasteiger partial charge on any atom is -0.328 e. The minimum atomic E-state index is 0.0643. The van der Waals surface area contributed by atoms with Gasteiger partial charge in [-0.3, -0.25) is 4.90 Å². The van der Waals surface area contributed by atoms with Gasteiger partial charge in [-0.1, -0.05) is 24.3 Å². The number of rotatable bonds is 2. The van der Waals surface area contributed by atoms with Crippen LogP contribution in [0.15, 0.2) is 24.3 Å². The average molecular weight is 204 g/mol. The van der Waals surface area contributed by atoms with Gasteiger partial charge in [-0.05, 0) is 44.5 Å². The first kappa shape index (κ1) is 10.7. The summed E-state index contributed by atoms with van der Waals surface area (Å²) in [6.07, 6.45) is 3.62. The third-order valence-corrected chi connectivity index (χ3v) is 3.75. The molecular weight excluding hydrogens is 184 g/mol. The number of nitrogens with two attached hydrogens (primary N) is 1. The molecule has 2 heteroatoms. The van der Waals surface area contributed by atoms with Crippen LogP contribution in [0.3, 0.4) is 0 Å².